The number of hydrogen-bond donors (Lipinski definition) is 3. The van der Waals surface area contributed by atoms with Crippen LogP contribution in [0.4, 0.5) is 4.79 Å². The average molecular weight is 418 g/mol. The van der Waals surface area contributed by atoms with Crippen LogP contribution in [0.5, 0.6) is 5.75 Å². The molecule has 0 aromatic heterocycles. The van der Waals surface area contributed by atoms with E-state index in [0.717, 1.165) is 4.90 Å². The van der Waals surface area contributed by atoms with E-state index in [2.05, 4.69) is 10.6 Å². The number of nitrogens with zero attached hydrogens (tertiary/aromatic N) is 2. The Bertz CT molecular complexity index is 818. The standard InChI is InChI=1S/C21H30N4O5/c1-20(2,3)24-18(28)17(14-9-7-8-10-15(14)26)25(12-11-22)16(27)13-23-19(29)30-21(4,5)6/h7-10,17,26H,12-13H2,1-6H3,(H,23,29)(H,24,28). The maximum absolute atomic E-state index is 13.0. The van der Waals surface area contributed by atoms with E-state index in [1.165, 1.54) is 12.1 Å². The summed E-state index contributed by atoms with van der Waals surface area (Å²) in [6.07, 6.45) is -0.800. The minimum Gasteiger partial charge on any atom is -0.508 e. The maximum Gasteiger partial charge on any atom is 0.408 e. The number of rotatable bonds is 6. The monoisotopic (exact) mass is 418 g/mol. The molecule has 1 aromatic carbocycles. The Kier molecular flexibility index (Phi) is 8.22. The summed E-state index contributed by atoms with van der Waals surface area (Å²) in [5, 5.41) is 24.6. The van der Waals surface area contributed by atoms with E-state index < -0.39 is 48.2 Å². The molecule has 0 aliphatic heterocycles. The van der Waals surface area contributed by atoms with Crippen LogP contribution in [0, 0.1) is 11.3 Å². The van der Waals surface area contributed by atoms with Crippen molar-refractivity contribution in [3.8, 4) is 11.8 Å². The Morgan fingerprint density at radius 3 is 2.27 bits per heavy atom. The molecule has 0 aliphatic carbocycles. The van der Waals surface area contributed by atoms with Crippen molar-refractivity contribution in [1.82, 2.24) is 15.5 Å². The molecule has 0 saturated carbocycles. The number of phenols is 1. The number of aromatic hydroxyl groups is 1. The second kappa shape index (κ2) is 9.96. The second-order valence-electron chi connectivity index (χ2n) is 8.74. The molecule has 9 heteroatoms. The van der Waals surface area contributed by atoms with Crippen molar-refractivity contribution in [2.24, 2.45) is 0 Å². The summed E-state index contributed by atoms with van der Waals surface area (Å²) in [6, 6.07) is 6.68. The van der Waals surface area contributed by atoms with Gasteiger partial charge < -0.3 is 25.4 Å². The van der Waals surface area contributed by atoms with Gasteiger partial charge in [0.25, 0.3) is 0 Å². The lowest BCUT2D eigenvalue weighted by molar-refractivity contribution is -0.140. The minimum absolute atomic E-state index is 0.167. The van der Waals surface area contributed by atoms with E-state index in [1.54, 1.807) is 53.7 Å². The molecular weight excluding hydrogens is 388 g/mol. The molecule has 0 spiro atoms. The molecule has 0 radical (unpaired) electrons. The summed E-state index contributed by atoms with van der Waals surface area (Å²) >= 11 is 0. The molecule has 164 valence electrons. The van der Waals surface area contributed by atoms with Gasteiger partial charge in [0.2, 0.25) is 11.8 Å². The Labute approximate surface area is 177 Å². The fourth-order valence-corrected chi connectivity index (χ4v) is 2.57. The van der Waals surface area contributed by atoms with Gasteiger partial charge in [0.15, 0.2) is 0 Å². The number of carbonyl (C=O) groups is 3. The van der Waals surface area contributed by atoms with E-state index in [1.807, 2.05) is 6.07 Å². The lowest BCUT2D eigenvalue weighted by Crippen LogP contribution is -2.51. The predicted octanol–water partition coefficient (Wildman–Crippen LogP) is 2.22. The molecule has 1 unspecified atom stereocenters. The summed E-state index contributed by atoms with van der Waals surface area (Å²) in [7, 11) is 0. The van der Waals surface area contributed by atoms with Crippen LogP contribution in [0.2, 0.25) is 0 Å². The lowest BCUT2D eigenvalue weighted by Gasteiger charge is -2.32. The predicted molar refractivity (Wildman–Crippen MR) is 110 cm³/mol. The van der Waals surface area contributed by atoms with Crippen molar-refractivity contribution >= 4 is 17.9 Å². The first-order chi connectivity index (χ1) is 13.7. The van der Waals surface area contributed by atoms with Gasteiger partial charge in [-0.2, -0.15) is 5.26 Å². The largest absolute Gasteiger partial charge is 0.508 e. The van der Waals surface area contributed by atoms with Crippen LogP contribution in [0.15, 0.2) is 24.3 Å². The van der Waals surface area contributed by atoms with E-state index in [-0.39, 0.29) is 11.3 Å². The van der Waals surface area contributed by atoms with Gasteiger partial charge in [-0.3, -0.25) is 9.59 Å². The number of para-hydroxylation sites is 1. The lowest BCUT2D eigenvalue weighted by atomic mass is 10.0. The number of hydrogen-bond acceptors (Lipinski definition) is 6. The smallest absolute Gasteiger partial charge is 0.408 e. The number of nitrogens with one attached hydrogen (secondary N) is 2. The highest BCUT2D eigenvalue weighted by Crippen LogP contribution is 2.29. The highest BCUT2D eigenvalue weighted by atomic mass is 16.6. The zero-order valence-corrected chi connectivity index (χ0v) is 18.3. The van der Waals surface area contributed by atoms with Crippen LogP contribution >= 0.6 is 0 Å². The molecule has 0 saturated heterocycles. The average Bonchev–Trinajstić information content (AvgIpc) is 2.57. The van der Waals surface area contributed by atoms with Gasteiger partial charge in [0.1, 0.15) is 30.5 Å². The highest BCUT2D eigenvalue weighted by Gasteiger charge is 2.34. The highest BCUT2D eigenvalue weighted by molar-refractivity contribution is 5.91. The third kappa shape index (κ3) is 7.99. The molecular formula is C21H30N4O5. The molecule has 0 bridgehead atoms. The topological polar surface area (TPSA) is 132 Å². The molecule has 0 aliphatic rings. The Balaban J connectivity index is 3.20. The number of amides is 3. The molecule has 0 heterocycles. The molecule has 1 aromatic rings. The van der Waals surface area contributed by atoms with Crippen molar-refractivity contribution in [3.63, 3.8) is 0 Å². The van der Waals surface area contributed by atoms with E-state index in [9.17, 15) is 24.8 Å². The van der Waals surface area contributed by atoms with E-state index in [0.29, 0.717) is 0 Å². The minimum atomic E-state index is -1.27. The number of carbonyl (C=O) groups excluding carboxylic acids is 3. The normalized spacial score (nSPS) is 12.3. The maximum atomic E-state index is 13.0. The van der Waals surface area contributed by atoms with Crippen molar-refractivity contribution in [2.75, 3.05) is 13.1 Å². The van der Waals surface area contributed by atoms with Crippen LogP contribution in [-0.2, 0) is 14.3 Å². The van der Waals surface area contributed by atoms with E-state index in [4.69, 9.17) is 4.74 Å². The van der Waals surface area contributed by atoms with Gasteiger partial charge in [-0.25, -0.2) is 4.79 Å². The number of benzene rings is 1. The number of nitriles is 1. The third-order valence-electron chi connectivity index (χ3n) is 3.63. The molecule has 9 nitrogen and oxygen atoms in total. The van der Waals surface area contributed by atoms with Gasteiger partial charge in [-0.15, -0.1) is 0 Å². The van der Waals surface area contributed by atoms with Crippen LogP contribution in [-0.4, -0.2) is 52.1 Å². The van der Waals surface area contributed by atoms with E-state index >= 15 is 0 Å². The van der Waals surface area contributed by atoms with Crippen LogP contribution in [0.25, 0.3) is 0 Å². The summed E-state index contributed by atoms with van der Waals surface area (Å²) in [5.74, 6) is -1.44. The van der Waals surface area contributed by atoms with Crippen molar-refractivity contribution in [3.05, 3.63) is 29.8 Å². The quantitative estimate of drug-likeness (QED) is 0.607. The fraction of sp³-hybridized carbons (Fsp3) is 0.524. The fourth-order valence-electron chi connectivity index (χ4n) is 2.57. The SMILES string of the molecule is CC(C)(C)NC(=O)C(c1ccccc1O)N(CC#N)C(=O)CNC(=O)OC(C)(C)C. The summed E-state index contributed by atoms with van der Waals surface area (Å²) in [6.45, 7) is 9.45. The molecule has 1 rings (SSSR count). The zero-order chi connectivity index (χ0) is 23.1. The van der Waals surface area contributed by atoms with Gasteiger partial charge in [-0.1, -0.05) is 18.2 Å². The van der Waals surface area contributed by atoms with Gasteiger partial charge in [0.05, 0.1) is 6.07 Å². The molecule has 3 amide bonds. The number of alkyl carbamates (subject to hydrolysis) is 1. The zero-order valence-electron chi connectivity index (χ0n) is 18.3. The Hall–Kier alpha value is -3.28. The van der Waals surface area contributed by atoms with Gasteiger partial charge in [0, 0.05) is 11.1 Å². The van der Waals surface area contributed by atoms with Gasteiger partial charge >= 0.3 is 6.09 Å². The molecule has 1 atom stereocenters. The number of phenolic OH excluding ortho intramolecular Hbond substituents is 1. The van der Waals surface area contributed by atoms with Crippen LogP contribution < -0.4 is 10.6 Å². The summed E-state index contributed by atoms with van der Waals surface area (Å²) in [5.41, 5.74) is -1.19. The van der Waals surface area contributed by atoms with Crippen molar-refractivity contribution in [1.29, 1.82) is 5.26 Å². The van der Waals surface area contributed by atoms with Gasteiger partial charge in [-0.05, 0) is 47.6 Å². The Morgan fingerprint density at radius 1 is 1.17 bits per heavy atom. The van der Waals surface area contributed by atoms with Crippen LogP contribution in [0.3, 0.4) is 0 Å². The first-order valence-corrected chi connectivity index (χ1v) is 9.48. The van der Waals surface area contributed by atoms with Crippen molar-refractivity contribution in [2.45, 2.75) is 58.7 Å². The van der Waals surface area contributed by atoms with Crippen molar-refractivity contribution < 1.29 is 24.2 Å². The molecule has 30 heavy (non-hydrogen) atoms. The third-order valence-corrected chi connectivity index (χ3v) is 3.63. The number of ether oxygens (including phenoxy) is 1. The molecule has 0 fully saturated rings. The second-order valence-corrected chi connectivity index (χ2v) is 8.74. The Morgan fingerprint density at radius 2 is 1.77 bits per heavy atom. The molecule has 3 N–H and O–H groups in total. The first kappa shape index (κ1) is 24.8. The van der Waals surface area contributed by atoms with Crippen LogP contribution in [0.1, 0.15) is 53.1 Å². The summed E-state index contributed by atoms with van der Waals surface area (Å²) in [4.78, 5) is 38.7. The summed E-state index contributed by atoms with van der Waals surface area (Å²) < 4.78 is 5.10. The first-order valence-electron chi connectivity index (χ1n) is 9.48.